The van der Waals surface area contributed by atoms with Crippen LogP contribution < -0.4 is 9.62 Å². The number of nitro benzene ring substituents is 1. The van der Waals surface area contributed by atoms with E-state index in [2.05, 4.69) is 21.2 Å². The van der Waals surface area contributed by atoms with Gasteiger partial charge in [0.2, 0.25) is 0 Å². The van der Waals surface area contributed by atoms with Gasteiger partial charge in [-0.05, 0) is 54.8 Å². The van der Waals surface area contributed by atoms with Gasteiger partial charge in [0.15, 0.2) is 0 Å². The summed E-state index contributed by atoms with van der Waals surface area (Å²) in [5, 5.41) is 14.0. The van der Waals surface area contributed by atoms with Crippen molar-refractivity contribution in [2.75, 3.05) is 16.2 Å². The molecule has 1 N–H and O–H groups in total. The molecule has 33 heavy (non-hydrogen) atoms. The molecule has 3 aromatic rings. The minimum atomic E-state index is -3.93. The number of rotatable bonds is 5. The summed E-state index contributed by atoms with van der Waals surface area (Å²) in [6.07, 6.45) is 1.47. The largest absolute Gasteiger partial charge is 0.320 e. The second-order valence-electron chi connectivity index (χ2n) is 7.32. The molecule has 0 bridgehead atoms. The van der Waals surface area contributed by atoms with Crippen LogP contribution in [0.25, 0.3) is 0 Å². The van der Waals surface area contributed by atoms with Crippen LogP contribution in [0.4, 0.5) is 17.1 Å². The molecule has 0 saturated carbocycles. The van der Waals surface area contributed by atoms with Crippen LogP contribution in [-0.4, -0.2) is 25.8 Å². The number of hydrogen-bond donors (Lipinski definition) is 1. The standard InChI is InChI=1S/C22H17BrClN3O5S/c23-15-7-9-17(21(12-15)27(29)30)22(28)25-19-13-16(8-10-18(19)24)33(31,32)26-11-3-5-14-4-1-2-6-20(14)26/h1-2,4,6-10,12-13H,3,5,11H2,(H,25,28). The first kappa shape index (κ1) is 23.2. The van der Waals surface area contributed by atoms with E-state index in [1.165, 1.54) is 40.7 Å². The van der Waals surface area contributed by atoms with Gasteiger partial charge < -0.3 is 5.32 Å². The molecular formula is C22H17BrClN3O5S. The van der Waals surface area contributed by atoms with Gasteiger partial charge in [0.25, 0.3) is 21.6 Å². The molecule has 3 aromatic carbocycles. The number of carbonyl (C=O) groups is 1. The number of amides is 1. The summed E-state index contributed by atoms with van der Waals surface area (Å²) in [5.74, 6) is -0.783. The number of anilines is 2. The van der Waals surface area contributed by atoms with Crippen LogP contribution >= 0.6 is 27.5 Å². The maximum Gasteiger partial charge on any atom is 0.283 e. The lowest BCUT2D eigenvalue weighted by molar-refractivity contribution is -0.385. The quantitative estimate of drug-likeness (QED) is 0.338. The summed E-state index contributed by atoms with van der Waals surface area (Å²) in [7, 11) is -3.93. The Kier molecular flexibility index (Phi) is 6.42. The van der Waals surface area contributed by atoms with E-state index in [9.17, 15) is 23.3 Å². The van der Waals surface area contributed by atoms with Crippen LogP contribution in [0.3, 0.4) is 0 Å². The van der Waals surface area contributed by atoms with Gasteiger partial charge in [-0.25, -0.2) is 8.42 Å². The molecule has 0 aliphatic carbocycles. The van der Waals surface area contributed by atoms with Crippen molar-refractivity contribution in [3.05, 3.63) is 91.4 Å². The summed E-state index contributed by atoms with van der Waals surface area (Å²) in [5.41, 5.74) is 1.02. The topological polar surface area (TPSA) is 110 Å². The molecule has 1 aliphatic rings. The number of halogens is 2. The second kappa shape index (κ2) is 9.12. The molecule has 8 nitrogen and oxygen atoms in total. The number of nitro groups is 1. The number of nitrogens with zero attached hydrogens (tertiary/aromatic N) is 2. The number of benzene rings is 3. The Morgan fingerprint density at radius 2 is 1.88 bits per heavy atom. The summed E-state index contributed by atoms with van der Waals surface area (Å²) < 4.78 is 28.6. The Bertz CT molecular complexity index is 1380. The van der Waals surface area contributed by atoms with E-state index < -0.39 is 26.5 Å². The summed E-state index contributed by atoms with van der Waals surface area (Å²) in [6.45, 7) is 0.328. The SMILES string of the molecule is O=C(Nc1cc(S(=O)(=O)N2CCCc3ccccc32)ccc1Cl)c1ccc(Br)cc1[N+](=O)[O-]. The molecule has 1 heterocycles. The highest BCUT2D eigenvalue weighted by atomic mass is 79.9. The normalized spacial score (nSPS) is 13.3. The van der Waals surface area contributed by atoms with Crippen LogP contribution in [0.1, 0.15) is 22.3 Å². The van der Waals surface area contributed by atoms with Gasteiger partial charge in [-0.2, -0.15) is 0 Å². The number of fused-ring (bicyclic) bond motifs is 1. The maximum atomic E-state index is 13.4. The molecule has 0 aromatic heterocycles. The Hall–Kier alpha value is -2.95. The van der Waals surface area contributed by atoms with Crippen molar-refractivity contribution in [2.24, 2.45) is 0 Å². The molecule has 0 atom stereocenters. The van der Waals surface area contributed by atoms with Crippen LogP contribution in [0.2, 0.25) is 5.02 Å². The fraction of sp³-hybridized carbons (Fsp3) is 0.136. The average molecular weight is 551 g/mol. The van der Waals surface area contributed by atoms with Crippen LogP contribution in [0.15, 0.2) is 70.0 Å². The predicted molar refractivity (Wildman–Crippen MR) is 129 cm³/mol. The second-order valence-corrected chi connectivity index (χ2v) is 10.5. The van der Waals surface area contributed by atoms with Crippen molar-refractivity contribution < 1.29 is 18.1 Å². The van der Waals surface area contributed by atoms with E-state index in [-0.39, 0.29) is 21.2 Å². The first-order chi connectivity index (χ1) is 15.7. The Morgan fingerprint density at radius 1 is 1.12 bits per heavy atom. The summed E-state index contributed by atoms with van der Waals surface area (Å²) in [4.78, 5) is 23.4. The number of hydrogen-bond acceptors (Lipinski definition) is 5. The minimum Gasteiger partial charge on any atom is -0.320 e. The van der Waals surface area contributed by atoms with E-state index in [1.807, 2.05) is 12.1 Å². The van der Waals surface area contributed by atoms with E-state index in [0.29, 0.717) is 23.1 Å². The number of sulfonamides is 1. The molecule has 1 amide bonds. The van der Waals surface area contributed by atoms with Gasteiger partial charge in [0.05, 0.1) is 26.2 Å². The summed E-state index contributed by atoms with van der Waals surface area (Å²) >= 11 is 9.35. The van der Waals surface area contributed by atoms with Crippen LogP contribution in [0, 0.1) is 10.1 Å². The Balaban J connectivity index is 1.68. The minimum absolute atomic E-state index is 0.0326. The molecule has 11 heteroatoms. The predicted octanol–water partition coefficient (Wildman–Crippen LogP) is 5.40. The smallest absolute Gasteiger partial charge is 0.283 e. The number of para-hydroxylation sites is 1. The van der Waals surface area contributed by atoms with Crippen molar-refractivity contribution >= 4 is 60.5 Å². The fourth-order valence-corrected chi connectivity index (χ4v) is 5.76. The van der Waals surface area contributed by atoms with E-state index in [1.54, 1.807) is 12.1 Å². The van der Waals surface area contributed by atoms with Crippen molar-refractivity contribution in [1.82, 2.24) is 0 Å². The highest BCUT2D eigenvalue weighted by Gasteiger charge is 2.30. The lowest BCUT2D eigenvalue weighted by atomic mass is 10.0. The third-order valence-corrected chi connectivity index (χ3v) is 7.87. The molecule has 1 aliphatic heterocycles. The first-order valence-corrected chi connectivity index (χ1v) is 12.4. The van der Waals surface area contributed by atoms with E-state index in [4.69, 9.17) is 11.6 Å². The van der Waals surface area contributed by atoms with Gasteiger partial charge in [-0.3, -0.25) is 19.2 Å². The fourth-order valence-electron chi connectivity index (χ4n) is 3.67. The Morgan fingerprint density at radius 3 is 2.64 bits per heavy atom. The van der Waals surface area contributed by atoms with Gasteiger partial charge in [0, 0.05) is 17.1 Å². The zero-order chi connectivity index (χ0) is 23.8. The van der Waals surface area contributed by atoms with Crippen molar-refractivity contribution in [2.45, 2.75) is 17.7 Å². The first-order valence-electron chi connectivity index (χ1n) is 9.84. The van der Waals surface area contributed by atoms with Crippen molar-refractivity contribution in [3.63, 3.8) is 0 Å². The van der Waals surface area contributed by atoms with E-state index >= 15 is 0 Å². The van der Waals surface area contributed by atoms with Gasteiger partial charge >= 0.3 is 0 Å². The lowest BCUT2D eigenvalue weighted by Crippen LogP contribution is -2.35. The zero-order valence-electron chi connectivity index (χ0n) is 17.0. The molecule has 0 radical (unpaired) electrons. The molecule has 170 valence electrons. The van der Waals surface area contributed by atoms with Crippen LogP contribution in [0.5, 0.6) is 0 Å². The number of carbonyl (C=O) groups excluding carboxylic acids is 1. The highest BCUT2D eigenvalue weighted by Crippen LogP contribution is 2.34. The molecule has 0 fully saturated rings. The molecular weight excluding hydrogens is 534 g/mol. The maximum absolute atomic E-state index is 13.4. The number of aryl methyl sites for hydroxylation is 1. The van der Waals surface area contributed by atoms with Crippen molar-refractivity contribution in [1.29, 1.82) is 0 Å². The highest BCUT2D eigenvalue weighted by molar-refractivity contribution is 9.10. The zero-order valence-corrected chi connectivity index (χ0v) is 20.2. The van der Waals surface area contributed by atoms with Gasteiger partial charge in [-0.15, -0.1) is 0 Å². The van der Waals surface area contributed by atoms with Gasteiger partial charge in [0.1, 0.15) is 5.56 Å². The van der Waals surface area contributed by atoms with Crippen molar-refractivity contribution in [3.8, 4) is 0 Å². The average Bonchev–Trinajstić information content (AvgIpc) is 2.79. The molecule has 0 saturated heterocycles. The van der Waals surface area contributed by atoms with Crippen LogP contribution in [-0.2, 0) is 16.4 Å². The molecule has 0 spiro atoms. The third-order valence-electron chi connectivity index (χ3n) is 5.24. The molecule has 4 rings (SSSR count). The Labute approximate surface area is 203 Å². The third kappa shape index (κ3) is 4.59. The van der Waals surface area contributed by atoms with Gasteiger partial charge in [-0.1, -0.05) is 45.7 Å². The van der Waals surface area contributed by atoms with E-state index in [0.717, 1.165) is 12.0 Å². The summed E-state index contributed by atoms with van der Waals surface area (Å²) in [6, 6.07) is 15.3. The molecule has 0 unspecified atom stereocenters. The number of nitrogens with one attached hydrogen (secondary N) is 1. The monoisotopic (exact) mass is 549 g/mol. The lowest BCUT2D eigenvalue weighted by Gasteiger charge is -2.30.